The number of benzene rings is 1. The highest BCUT2D eigenvalue weighted by Crippen LogP contribution is 2.49. The third-order valence-electron chi connectivity index (χ3n) is 21.3. The summed E-state index contributed by atoms with van der Waals surface area (Å²) in [6.07, 6.45) is 69.0. The van der Waals surface area contributed by atoms with E-state index in [-0.39, 0.29) is 21.6 Å². The van der Waals surface area contributed by atoms with Gasteiger partial charge in [0.15, 0.2) is 0 Å². The van der Waals surface area contributed by atoms with E-state index in [1.165, 1.54) is 344 Å². The van der Waals surface area contributed by atoms with Crippen molar-refractivity contribution in [1.82, 2.24) is 9.97 Å². The van der Waals surface area contributed by atoms with E-state index in [0.29, 0.717) is 23.2 Å². The molecule has 2 aliphatic heterocycles. The molecule has 0 saturated carbocycles. The van der Waals surface area contributed by atoms with Crippen LogP contribution in [0, 0.1) is 36.4 Å². The first-order valence-electron chi connectivity index (χ1n) is 40.4. The summed E-state index contributed by atoms with van der Waals surface area (Å²) in [5, 5.41) is 3.58. The molecule has 0 radical (unpaired) electrons. The fraction of sp³-hybridized carbons (Fsp3) is 0.721. The molecule has 4 nitrogen and oxygen atoms in total. The minimum atomic E-state index is -0.198. The Bertz CT molecular complexity index is 3200. The van der Waals surface area contributed by atoms with Gasteiger partial charge in [0.25, 0.3) is 0 Å². The molecule has 1 aromatic carbocycles. The molecule has 0 spiro atoms. The van der Waals surface area contributed by atoms with E-state index in [0.717, 1.165) is 35.4 Å². The molecule has 0 aliphatic carbocycles. The van der Waals surface area contributed by atoms with Crippen LogP contribution < -0.4 is 10.9 Å². The van der Waals surface area contributed by atoms with Crippen LogP contribution >= 0.6 is 45.3 Å². The Hall–Kier alpha value is -3.04. The van der Waals surface area contributed by atoms with Gasteiger partial charge in [0.1, 0.15) is 22.1 Å². The van der Waals surface area contributed by atoms with Crippen molar-refractivity contribution in [3.05, 3.63) is 87.4 Å². The molecule has 8 heteroatoms. The number of nitrogens with zero attached hydrogens (tertiary/aromatic N) is 2. The van der Waals surface area contributed by atoms with Gasteiger partial charge in [-0.05, 0) is 121 Å². The molecule has 6 heterocycles. The molecule has 4 aromatic heterocycles. The first kappa shape index (κ1) is 78.3. The summed E-state index contributed by atoms with van der Waals surface area (Å²) in [6, 6.07) is 9.76. The number of aromatic nitrogens is 2. The molecule has 0 fully saturated rings. The Balaban J connectivity index is 1.27. The maximum atomic E-state index is 14.8. The van der Waals surface area contributed by atoms with Crippen molar-refractivity contribution >= 4 is 65.5 Å². The zero-order chi connectivity index (χ0) is 66.5. The van der Waals surface area contributed by atoms with Crippen molar-refractivity contribution in [1.29, 1.82) is 0 Å². The Labute approximate surface area is 590 Å². The summed E-state index contributed by atoms with van der Waals surface area (Å²) in [6.45, 7) is 18.4. The molecular weight excluding hydrogens is 1220 g/mol. The molecule has 5 aromatic rings. The largest absolute Gasteiger partial charge is 0.285 e. The van der Waals surface area contributed by atoms with Crippen LogP contribution in [-0.4, -0.2) is 9.97 Å². The minimum Gasteiger partial charge on any atom is -0.285 e. The van der Waals surface area contributed by atoms with Gasteiger partial charge in [0.2, 0.25) is 10.9 Å². The number of thiophene rings is 4. The molecule has 0 N–H and O–H groups in total. The average Bonchev–Trinajstić information content (AvgIpc) is 1.58. The summed E-state index contributed by atoms with van der Waals surface area (Å²) < 4.78 is 3.13. The van der Waals surface area contributed by atoms with Gasteiger partial charge < -0.3 is 0 Å². The predicted octanol–water partition coefficient (Wildman–Crippen LogP) is 29.2. The number of hydrogen-bond donors (Lipinski definition) is 0. The van der Waals surface area contributed by atoms with Crippen LogP contribution in [-0.2, 0) is 25.7 Å². The maximum absolute atomic E-state index is 14.8. The van der Waals surface area contributed by atoms with Crippen molar-refractivity contribution in [3.63, 3.8) is 0 Å². The number of rotatable bonds is 57. The van der Waals surface area contributed by atoms with Gasteiger partial charge in [0, 0.05) is 28.9 Å². The third-order valence-corrected chi connectivity index (χ3v) is 26.1. The van der Waals surface area contributed by atoms with Crippen molar-refractivity contribution < 1.29 is 0 Å². The fourth-order valence-electron chi connectivity index (χ4n) is 15.4. The van der Waals surface area contributed by atoms with E-state index < -0.39 is 0 Å². The van der Waals surface area contributed by atoms with Gasteiger partial charge in [-0.25, -0.2) is 9.97 Å². The molecule has 2 aliphatic rings. The molecule has 0 saturated heterocycles. The van der Waals surface area contributed by atoms with Gasteiger partial charge in [-0.15, -0.1) is 45.3 Å². The molecule has 7 rings (SSSR count). The molecule has 2 unspecified atom stereocenters. The first-order chi connectivity index (χ1) is 46.1. The highest BCUT2D eigenvalue weighted by molar-refractivity contribution is 7.27. The summed E-state index contributed by atoms with van der Waals surface area (Å²) in [5.74, 6) is 1.36. The SMILES string of the molecule is CCCCCCCCCCCCC(CCCCCCCCCC)Cc1c2cc(-c3sc(-c4nc5c(=O)c(-c6cc(CCCCCC)c(C)s6)nc=5c4=O)cc3CCCCCC)sc2c(CC(CCCCCCCCCC)CCCCCCCCCCCC)c2cc(C)sc12. The lowest BCUT2D eigenvalue weighted by atomic mass is 9.84. The van der Waals surface area contributed by atoms with Gasteiger partial charge in [-0.1, -0.05) is 337 Å². The van der Waals surface area contributed by atoms with Crippen LogP contribution in [0.1, 0.15) is 382 Å². The minimum absolute atomic E-state index is 0.192. The zero-order valence-electron chi connectivity index (χ0n) is 61.6. The van der Waals surface area contributed by atoms with Crippen molar-refractivity contribution in [2.45, 2.75) is 389 Å². The maximum Gasteiger partial charge on any atom is 0.233 e. The van der Waals surface area contributed by atoms with Crippen LogP contribution in [0.3, 0.4) is 0 Å². The van der Waals surface area contributed by atoms with E-state index in [4.69, 9.17) is 9.97 Å². The lowest BCUT2D eigenvalue weighted by Crippen LogP contribution is -2.08. The number of hydrogen-bond acceptors (Lipinski definition) is 8. The lowest BCUT2D eigenvalue weighted by Gasteiger charge is -2.22. The van der Waals surface area contributed by atoms with Gasteiger partial charge in [-0.2, -0.15) is 0 Å². The second-order valence-corrected chi connectivity index (χ2v) is 34.2. The van der Waals surface area contributed by atoms with Gasteiger partial charge in [-0.3, -0.25) is 9.59 Å². The van der Waals surface area contributed by atoms with Crippen LogP contribution in [0.2, 0.25) is 0 Å². The second-order valence-electron chi connectivity index (χ2n) is 29.6. The Morgan fingerprint density at radius 1 is 0.330 bits per heavy atom. The van der Waals surface area contributed by atoms with E-state index >= 15 is 0 Å². The highest BCUT2D eigenvalue weighted by Gasteiger charge is 2.27. The van der Waals surface area contributed by atoms with Gasteiger partial charge >= 0.3 is 0 Å². The molecule has 524 valence electrons. The van der Waals surface area contributed by atoms with E-state index in [9.17, 15) is 9.59 Å². The quantitative estimate of drug-likeness (QED) is 0.0357. The summed E-state index contributed by atoms with van der Waals surface area (Å²) in [7, 11) is 0. The van der Waals surface area contributed by atoms with Crippen LogP contribution in [0.15, 0.2) is 33.9 Å². The monoisotopic (exact) mass is 1350 g/mol. The topological polar surface area (TPSA) is 59.9 Å². The van der Waals surface area contributed by atoms with Gasteiger partial charge in [0.05, 0.1) is 9.75 Å². The lowest BCUT2D eigenvalue weighted by molar-refractivity contribution is 0.400. The van der Waals surface area contributed by atoms with Crippen molar-refractivity contribution in [3.8, 4) is 30.9 Å². The Morgan fingerprint density at radius 3 is 1.04 bits per heavy atom. The molecule has 0 bridgehead atoms. The fourth-order valence-corrected chi connectivity index (χ4v) is 20.2. The van der Waals surface area contributed by atoms with Crippen LogP contribution in [0.4, 0.5) is 0 Å². The summed E-state index contributed by atoms with van der Waals surface area (Å²) in [4.78, 5) is 46.2. The molecule has 94 heavy (non-hydrogen) atoms. The Morgan fingerprint density at radius 2 is 0.649 bits per heavy atom. The second kappa shape index (κ2) is 45.6. The normalized spacial score (nSPS) is 12.8. The standard InChI is InChI=1S/C86H134N2O2S4/c1-9-15-21-27-31-35-37-41-45-49-54-67(53-47-43-39-33-29-23-17-11-3)60-72-71-59-65(7)91-85(71)73(61-68(55-48-44-40-34-30-24-18-12-4)56-50-46-42-38-36-32-28-22-16-10-2)74-64-77(94-86(72)74)84-70(58-52-26-20-14-6)63-76(93-84)79-83(90)81-80(88-79)82(89)78(87-81)75-62-69(66(8)92-75)57-51-25-19-13-5/h59,62-64,67-68H,9-58,60-61H2,1-8H3. The molecule has 2 atom stereocenters. The number of fused-ring (bicyclic) bond motifs is 2. The average molecular weight is 1360 g/mol. The van der Waals surface area contributed by atoms with Crippen LogP contribution in [0.5, 0.6) is 0 Å². The van der Waals surface area contributed by atoms with Crippen LogP contribution in [0.25, 0.3) is 51.1 Å². The Kier molecular flexibility index (Phi) is 38.0. The number of aryl methyl sites for hydroxylation is 4. The summed E-state index contributed by atoms with van der Waals surface area (Å²) >= 11 is 7.58. The smallest absolute Gasteiger partial charge is 0.233 e. The van der Waals surface area contributed by atoms with E-state index in [2.05, 4.69) is 102 Å². The molecular formula is C86H134N2O2S4. The number of unbranched alkanes of at least 4 members (excludes halogenated alkanes) is 38. The third kappa shape index (κ3) is 25.3. The zero-order valence-corrected chi connectivity index (χ0v) is 64.8. The van der Waals surface area contributed by atoms with Crippen molar-refractivity contribution in [2.24, 2.45) is 11.8 Å². The highest BCUT2D eigenvalue weighted by atomic mass is 32.1. The predicted molar refractivity (Wildman–Crippen MR) is 422 cm³/mol. The first-order valence-corrected chi connectivity index (χ1v) is 43.6. The molecule has 0 amide bonds. The summed E-state index contributed by atoms with van der Waals surface area (Å²) in [5.41, 5.74) is 6.33. The van der Waals surface area contributed by atoms with Crippen molar-refractivity contribution in [2.75, 3.05) is 0 Å². The van der Waals surface area contributed by atoms with E-state index in [1.54, 1.807) is 48.6 Å². The van der Waals surface area contributed by atoms with E-state index in [1.807, 2.05) is 0 Å².